The maximum atomic E-state index is 12.0. The van der Waals surface area contributed by atoms with Gasteiger partial charge < -0.3 is 59.4 Å². The molecule has 5 rings (SSSR count). The van der Waals surface area contributed by atoms with Gasteiger partial charge in [0.2, 0.25) is 6.29 Å². The van der Waals surface area contributed by atoms with Crippen LogP contribution in [0, 0.1) is 0 Å². The molecule has 3 aliphatic heterocycles. The quantitative estimate of drug-likeness (QED) is 0.215. The van der Waals surface area contributed by atoms with Gasteiger partial charge in [-0.2, -0.15) is 0 Å². The van der Waals surface area contributed by atoms with Crippen LogP contribution in [-0.2, 0) is 25.6 Å². The zero-order chi connectivity index (χ0) is 25.7. The van der Waals surface area contributed by atoms with E-state index in [0.717, 1.165) is 0 Å². The first-order chi connectivity index (χ1) is 17.2. The molecular formula is C23H26O13. The number of aromatic hydroxyl groups is 1. The number of hydrogen-bond acceptors (Lipinski definition) is 13. The number of ether oxygens (including phenoxy) is 5. The van der Waals surface area contributed by atoms with E-state index in [1.165, 1.54) is 6.07 Å². The second-order valence-corrected chi connectivity index (χ2v) is 8.91. The molecule has 13 heteroatoms. The van der Waals surface area contributed by atoms with E-state index >= 15 is 0 Å². The molecule has 9 atom stereocenters. The molecule has 36 heavy (non-hydrogen) atoms. The van der Waals surface area contributed by atoms with Crippen molar-refractivity contribution in [2.24, 2.45) is 0 Å². The van der Waals surface area contributed by atoms with Crippen LogP contribution in [0.1, 0.15) is 15.9 Å². The van der Waals surface area contributed by atoms with E-state index in [0.29, 0.717) is 10.9 Å². The maximum Gasteiger partial charge on any atom is 0.342 e. The zero-order valence-corrected chi connectivity index (χ0v) is 18.7. The van der Waals surface area contributed by atoms with E-state index < -0.39 is 67.9 Å². The predicted octanol–water partition coefficient (Wildman–Crippen LogP) is -2.14. The third-order valence-electron chi connectivity index (χ3n) is 6.54. The summed E-state index contributed by atoms with van der Waals surface area (Å²) < 4.78 is 26.9. The molecule has 0 amide bonds. The lowest BCUT2D eigenvalue weighted by molar-refractivity contribution is -0.307. The number of carbonyl (C=O) groups excluding carboxylic acids is 1. The van der Waals surface area contributed by atoms with Crippen molar-refractivity contribution in [3.63, 3.8) is 0 Å². The van der Waals surface area contributed by atoms with Crippen molar-refractivity contribution in [1.82, 2.24) is 0 Å². The Bertz CT molecular complexity index is 1140. The summed E-state index contributed by atoms with van der Waals surface area (Å²) in [5, 5.41) is 72.1. The van der Waals surface area contributed by atoms with Gasteiger partial charge in [0.1, 0.15) is 66.4 Å². The number of hydrogen-bond donors (Lipinski definition) is 7. The molecule has 7 N–H and O–H groups in total. The second kappa shape index (κ2) is 9.70. The average molecular weight is 510 g/mol. The van der Waals surface area contributed by atoms with Gasteiger partial charge in [0.25, 0.3) is 0 Å². The fraction of sp³-hybridized carbons (Fsp3) is 0.522. The van der Waals surface area contributed by atoms with Crippen molar-refractivity contribution >= 4 is 16.7 Å². The van der Waals surface area contributed by atoms with Crippen LogP contribution >= 0.6 is 0 Å². The Morgan fingerprint density at radius 1 is 0.944 bits per heavy atom. The number of rotatable bonds is 5. The number of esters is 1. The summed E-state index contributed by atoms with van der Waals surface area (Å²) in [4.78, 5) is 12.0. The maximum absolute atomic E-state index is 12.0. The minimum atomic E-state index is -1.72. The molecule has 0 spiro atoms. The second-order valence-electron chi connectivity index (χ2n) is 8.91. The summed E-state index contributed by atoms with van der Waals surface area (Å²) in [6.07, 6.45) is -13.6. The van der Waals surface area contributed by atoms with E-state index in [2.05, 4.69) is 0 Å². The molecule has 0 aromatic heterocycles. The molecule has 2 aromatic rings. The monoisotopic (exact) mass is 510 g/mol. The Morgan fingerprint density at radius 2 is 1.69 bits per heavy atom. The Balaban J connectivity index is 1.35. The molecule has 2 aromatic carbocycles. The highest BCUT2D eigenvalue weighted by Gasteiger charge is 2.46. The molecule has 0 unspecified atom stereocenters. The first kappa shape index (κ1) is 25.1. The van der Waals surface area contributed by atoms with Crippen LogP contribution in [-0.4, -0.2) is 110 Å². The van der Waals surface area contributed by atoms with Gasteiger partial charge in [0.15, 0.2) is 6.29 Å². The molecule has 0 aliphatic carbocycles. The Kier molecular flexibility index (Phi) is 6.76. The van der Waals surface area contributed by atoms with Gasteiger partial charge in [-0.05, 0) is 17.5 Å². The number of phenolic OH excluding ortho intramolecular Hbond substituents is 1. The lowest BCUT2D eigenvalue weighted by atomic mass is 9.98. The Morgan fingerprint density at radius 3 is 2.47 bits per heavy atom. The van der Waals surface area contributed by atoms with Gasteiger partial charge in [-0.3, -0.25) is 0 Å². The van der Waals surface area contributed by atoms with Crippen molar-refractivity contribution in [3.05, 3.63) is 35.4 Å². The summed E-state index contributed by atoms with van der Waals surface area (Å²) in [6, 6.07) is 6.42. The van der Waals surface area contributed by atoms with Crippen LogP contribution in [0.4, 0.5) is 0 Å². The fourth-order valence-corrected chi connectivity index (χ4v) is 4.51. The number of phenols is 1. The van der Waals surface area contributed by atoms with Gasteiger partial charge in [0.05, 0.1) is 18.6 Å². The van der Waals surface area contributed by atoms with E-state index in [1.54, 1.807) is 18.2 Å². The van der Waals surface area contributed by atoms with Crippen molar-refractivity contribution in [3.8, 4) is 11.5 Å². The van der Waals surface area contributed by atoms with Crippen LogP contribution in [0.15, 0.2) is 24.3 Å². The molecule has 0 radical (unpaired) electrons. The van der Waals surface area contributed by atoms with Gasteiger partial charge in [-0.25, -0.2) is 4.79 Å². The highest BCUT2D eigenvalue weighted by Crippen LogP contribution is 2.41. The summed E-state index contributed by atoms with van der Waals surface area (Å²) in [6.45, 7) is -0.726. The first-order valence-corrected chi connectivity index (χ1v) is 11.3. The number of cyclic esters (lactones) is 1. The number of aliphatic hydroxyl groups is 6. The van der Waals surface area contributed by atoms with Gasteiger partial charge in [-0.1, -0.05) is 12.1 Å². The number of aliphatic hydroxyl groups excluding tert-OH is 6. The van der Waals surface area contributed by atoms with Crippen LogP contribution in [0.5, 0.6) is 11.5 Å². The highest BCUT2D eigenvalue weighted by molar-refractivity contribution is 6.06. The minimum absolute atomic E-state index is 0.00346. The number of fused-ring (bicyclic) bond motifs is 2. The number of benzene rings is 2. The minimum Gasteiger partial charge on any atom is -0.506 e. The largest absolute Gasteiger partial charge is 0.506 e. The normalized spacial score (nSPS) is 36.5. The van der Waals surface area contributed by atoms with Crippen molar-refractivity contribution in [1.29, 1.82) is 0 Å². The molecule has 3 heterocycles. The smallest absolute Gasteiger partial charge is 0.342 e. The molecule has 3 aliphatic rings. The summed E-state index contributed by atoms with van der Waals surface area (Å²) in [7, 11) is 0. The topological polar surface area (TPSA) is 205 Å². The lowest BCUT2D eigenvalue weighted by Crippen LogP contribution is -2.61. The third kappa shape index (κ3) is 4.28. The molecule has 0 bridgehead atoms. The molecule has 0 saturated carbocycles. The summed E-state index contributed by atoms with van der Waals surface area (Å²) in [5.41, 5.74) is 0.514. The Hall–Kier alpha value is -2.59. The molecule has 2 fully saturated rings. The number of carbonyl (C=O) groups is 1. The van der Waals surface area contributed by atoms with E-state index in [-0.39, 0.29) is 35.7 Å². The van der Waals surface area contributed by atoms with Crippen LogP contribution < -0.4 is 4.74 Å². The first-order valence-electron chi connectivity index (χ1n) is 11.3. The average Bonchev–Trinajstić information content (AvgIpc) is 3.23. The fourth-order valence-electron chi connectivity index (χ4n) is 4.51. The van der Waals surface area contributed by atoms with Crippen LogP contribution in [0.3, 0.4) is 0 Å². The molecule has 196 valence electrons. The summed E-state index contributed by atoms with van der Waals surface area (Å²) >= 11 is 0. The van der Waals surface area contributed by atoms with E-state index in [1.807, 2.05) is 0 Å². The molecular weight excluding hydrogens is 484 g/mol. The van der Waals surface area contributed by atoms with Crippen molar-refractivity contribution < 1.29 is 64.2 Å². The zero-order valence-electron chi connectivity index (χ0n) is 18.7. The van der Waals surface area contributed by atoms with E-state index in [4.69, 9.17) is 23.7 Å². The third-order valence-corrected chi connectivity index (χ3v) is 6.54. The van der Waals surface area contributed by atoms with Crippen molar-refractivity contribution in [2.75, 3.05) is 13.2 Å². The van der Waals surface area contributed by atoms with Gasteiger partial charge >= 0.3 is 5.97 Å². The van der Waals surface area contributed by atoms with E-state index in [9.17, 15) is 40.5 Å². The standard InChI is InChI=1S/C23H26O13/c24-10-6-33-22(19(29)15(10)25)34-7-12-16(26)18(28)20(30)23(36-12)35-11-3-1-2-8-4-9-5-32-21(31)14(9)17(27)13(8)11/h1-4,10,12,15-16,18-20,22-30H,5-7H2/t10-,12-,15+,16-,18+,19-,20-,22+,23-/m1/s1. The van der Waals surface area contributed by atoms with Gasteiger partial charge in [0, 0.05) is 5.56 Å². The predicted molar refractivity (Wildman–Crippen MR) is 116 cm³/mol. The van der Waals surface area contributed by atoms with Crippen LogP contribution in [0.25, 0.3) is 10.8 Å². The highest BCUT2D eigenvalue weighted by atomic mass is 16.7. The molecule has 2 saturated heterocycles. The summed E-state index contributed by atoms with van der Waals surface area (Å²) in [5.74, 6) is -1.02. The lowest BCUT2D eigenvalue weighted by Gasteiger charge is -2.41. The van der Waals surface area contributed by atoms with Crippen molar-refractivity contribution in [2.45, 2.75) is 61.9 Å². The SMILES string of the molecule is O=C1OCc2cc3cccc(O[C@@H]4O[C@H](CO[C@@H]5OC[C@@H](O)[C@H](O)[C@H]5O)[C@@H](O)[C@H](O)[C@H]4O)c3c(O)c21. The molecule has 13 nitrogen and oxygen atoms in total. The Labute approximate surface area is 203 Å². The van der Waals surface area contributed by atoms with Gasteiger partial charge in [-0.15, -0.1) is 0 Å². The van der Waals surface area contributed by atoms with Crippen LogP contribution in [0.2, 0.25) is 0 Å².